The lowest BCUT2D eigenvalue weighted by atomic mass is 10.3. The Hall–Kier alpha value is -2.50. The van der Waals surface area contributed by atoms with Crippen LogP contribution < -0.4 is 10.6 Å². The van der Waals surface area contributed by atoms with E-state index in [1.807, 2.05) is 26.2 Å². The molecule has 2 aromatic heterocycles. The zero-order valence-electron chi connectivity index (χ0n) is 12.0. The van der Waals surface area contributed by atoms with Crippen molar-refractivity contribution in [3.63, 3.8) is 0 Å². The first kappa shape index (κ1) is 13.9. The third-order valence-electron chi connectivity index (χ3n) is 3.10. The Bertz CT molecular complexity index is 667. The van der Waals surface area contributed by atoms with E-state index in [-0.39, 0.29) is 11.8 Å². The summed E-state index contributed by atoms with van der Waals surface area (Å²) in [5.74, 6) is -0.391. The van der Waals surface area contributed by atoms with E-state index in [9.17, 15) is 9.59 Å². The number of anilines is 1. The van der Waals surface area contributed by atoms with Crippen LogP contribution in [0, 0.1) is 6.92 Å². The summed E-state index contributed by atoms with van der Waals surface area (Å²) in [6.07, 6.45) is 3.59. The number of hydrogen-bond acceptors (Lipinski definition) is 2. The summed E-state index contributed by atoms with van der Waals surface area (Å²) < 4.78 is 3.44. The molecule has 0 atom stereocenters. The average Bonchev–Trinajstić information content (AvgIpc) is 2.91. The van der Waals surface area contributed by atoms with Gasteiger partial charge in [-0.25, -0.2) is 0 Å². The van der Waals surface area contributed by atoms with Crippen molar-refractivity contribution in [2.45, 2.75) is 6.92 Å². The monoisotopic (exact) mass is 274 g/mol. The highest BCUT2D eigenvalue weighted by Crippen LogP contribution is 2.15. The highest BCUT2D eigenvalue weighted by atomic mass is 16.2. The molecule has 6 heteroatoms. The summed E-state index contributed by atoms with van der Waals surface area (Å²) in [7, 11) is 5.15. The summed E-state index contributed by atoms with van der Waals surface area (Å²) >= 11 is 0. The van der Waals surface area contributed by atoms with E-state index >= 15 is 0 Å². The minimum Gasteiger partial charge on any atom is -0.354 e. The van der Waals surface area contributed by atoms with Crippen LogP contribution in [-0.2, 0) is 14.1 Å². The summed E-state index contributed by atoms with van der Waals surface area (Å²) in [6, 6.07) is 3.46. The third kappa shape index (κ3) is 2.59. The Morgan fingerprint density at radius 1 is 1.00 bits per heavy atom. The van der Waals surface area contributed by atoms with Gasteiger partial charge in [0.05, 0.1) is 5.69 Å². The number of amides is 2. The molecule has 0 fully saturated rings. The molecule has 0 unspecified atom stereocenters. The number of aryl methyl sites for hydroxylation is 3. The fourth-order valence-electron chi connectivity index (χ4n) is 2.14. The molecule has 2 aromatic rings. The lowest BCUT2D eigenvalue weighted by molar-refractivity contribution is 0.0953. The Morgan fingerprint density at radius 2 is 1.60 bits per heavy atom. The molecule has 2 N–H and O–H groups in total. The van der Waals surface area contributed by atoms with E-state index in [0.717, 1.165) is 5.56 Å². The Kier molecular flexibility index (Phi) is 3.65. The second-order valence-corrected chi connectivity index (χ2v) is 4.77. The van der Waals surface area contributed by atoms with E-state index in [2.05, 4.69) is 10.6 Å². The van der Waals surface area contributed by atoms with Gasteiger partial charge in [0, 0.05) is 33.5 Å². The molecular weight excluding hydrogens is 256 g/mol. The topological polar surface area (TPSA) is 68.1 Å². The van der Waals surface area contributed by atoms with Crippen molar-refractivity contribution in [3.8, 4) is 0 Å². The van der Waals surface area contributed by atoms with Crippen LogP contribution in [-0.4, -0.2) is 28.0 Å². The van der Waals surface area contributed by atoms with Gasteiger partial charge in [0.25, 0.3) is 11.8 Å². The van der Waals surface area contributed by atoms with Gasteiger partial charge in [-0.15, -0.1) is 0 Å². The van der Waals surface area contributed by atoms with Crippen molar-refractivity contribution in [1.29, 1.82) is 0 Å². The first-order valence-electron chi connectivity index (χ1n) is 6.25. The van der Waals surface area contributed by atoms with Gasteiger partial charge in [-0.3, -0.25) is 9.59 Å². The van der Waals surface area contributed by atoms with Crippen molar-refractivity contribution >= 4 is 17.5 Å². The van der Waals surface area contributed by atoms with Crippen molar-refractivity contribution in [2.75, 3.05) is 12.4 Å². The van der Waals surface area contributed by atoms with Crippen LogP contribution >= 0.6 is 0 Å². The van der Waals surface area contributed by atoms with Crippen LogP contribution in [0.2, 0.25) is 0 Å². The maximum atomic E-state index is 12.2. The Morgan fingerprint density at radius 3 is 2.15 bits per heavy atom. The number of carbonyl (C=O) groups excluding carboxylic acids is 2. The molecular formula is C14H18N4O2. The standard InChI is InChI=1S/C14H18N4O2/c1-9-5-11(17(3)7-9)14(20)16-10-6-12(13(19)15-2)18(4)8-10/h5-8H,1-4H3,(H,15,19)(H,16,20). The predicted octanol–water partition coefficient (Wildman–Crippen LogP) is 1.28. The van der Waals surface area contributed by atoms with Gasteiger partial charge in [0.2, 0.25) is 0 Å². The molecule has 0 saturated carbocycles. The van der Waals surface area contributed by atoms with Crippen LogP contribution in [0.1, 0.15) is 26.5 Å². The van der Waals surface area contributed by atoms with Crippen molar-refractivity contribution in [2.24, 2.45) is 14.1 Å². The molecule has 0 aliphatic heterocycles. The molecule has 106 valence electrons. The van der Waals surface area contributed by atoms with Crippen molar-refractivity contribution < 1.29 is 9.59 Å². The van der Waals surface area contributed by atoms with Crippen LogP contribution in [0.4, 0.5) is 5.69 Å². The lowest BCUT2D eigenvalue weighted by Crippen LogP contribution is -2.20. The number of rotatable bonds is 3. The number of carbonyl (C=O) groups is 2. The highest BCUT2D eigenvalue weighted by molar-refractivity contribution is 6.04. The van der Waals surface area contributed by atoms with Crippen LogP contribution in [0.15, 0.2) is 24.5 Å². The molecule has 0 aromatic carbocycles. The molecule has 2 rings (SSSR count). The van der Waals surface area contributed by atoms with Crippen molar-refractivity contribution in [1.82, 2.24) is 14.5 Å². The fourth-order valence-corrected chi connectivity index (χ4v) is 2.14. The second kappa shape index (κ2) is 5.24. The zero-order valence-corrected chi connectivity index (χ0v) is 12.0. The summed E-state index contributed by atoms with van der Waals surface area (Å²) in [4.78, 5) is 23.8. The van der Waals surface area contributed by atoms with Gasteiger partial charge >= 0.3 is 0 Å². The molecule has 0 spiro atoms. The molecule has 0 aliphatic carbocycles. The van der Waals surface area contributed by atoms with Gasteiger partial charge in [-0.05, 0) is 24.6 Å². The Labute approximate surface area is 117 Å². The number of aromatic nitrogens is 2. The van der Waals surface area contributed by atoms with E-state index in [1.165, 1.54) is 0 Å². The molecule has 2 heterocycles. The van der Waals surface area contributed by atoms with Crippen molar-refractivity contribution in [3.05, 3.63) is 41.5 Å². The minimum absolute atomic E-state index is 0.192. The number of nitrogens with zero attached hydrogens (tertiary/aromatic N) is 2. The van der Waals surface area contributed by atoms with E-state index in [0.29, 0.717) is 17.1 Å². The first-order valence-corrected chi connectivity index (χ1v) is 6.25. The largest absolute Gasteiger partial charge is 0.354 e. The molecule has 6 nitrogen and oxygen atoms in total. The minimum atomic E-state index is -0.199. The van der Waals surface area contributed by atoms with Gasteiger partial charge in [-0.2, -0.15) is 0 Å². The molecule has 2 amide bonds. The zero-order chi connectivity index (χ0) is 14.9. The van der Waals surface area contributed by atoms with Gasteiger partial charge < -0.3 is 19.8 Å². The summed E-state index contributed by atoms with van der Waals surface area (Å²) in [6.45, 7) is 1.93. The second-order valence-electron chi connectivity index (χ2n) is 4.77. The predicted molar refractivity (Wildman–Crippen MR) is 76.9 cm³/mol. The molecule has 20 heavy (non-hydrogen) atoms. The van der Waals surface area contributed by atoms with Gasteiger partial charge in [0.15, 0.2) is 0 Å². The molecule has 0 bridgehead atoms. The average molecular weight is 274 g/mol. The van der Waals surface area contributed by atoms with Crippen LogP contribution in [0.3, 0.4) is 0 Å². The van der Waals surface area contributed by atoms with E-state index in [4.69, 9.17) is 0 Å². The summed E-state index contributed by atoms with van der Waals surface area (Å²) in [5.41, 5.74) is 2.69. The quantitative estimate of drug-likeness (QED) is 0.885. The maximum Gasteiger partial charge on any atom is 0.272 e. The fraction of sp³-hybridized carbons (Fsp3) is 0.286. The highest BCUT2D eigenvalue weighted by Gasteiger charge is 2.14. The molecule has 0 aliphatic rings. The lowest BCUT2D eigenvalue weighted by Gasteiger charge is -2.03. The van der Waals surface area contributed by atoms with Gasteiger partial charge in [0.1, 0.15) is 11.4 Å². The van der Waals surface area contributed by atoms with Crippen LogP contribution in [0.5, 0.6) is 0 Å². The Balaban J connectivity index is 2.20. The third-order valence-corrected chi connectivity index (χ3v) is 3.10. The smallest absolute Gasteiger partial charge is 0.272 e. The first-order chi connectivity index (χ1) is 9.42. The molecule has 0 saturated heterocycles. The summed E-state index contributed by atoms with van der Waals surface area (Å²) in [5, 5.41) is 5.35. The molecule has 0 radical (unpaired) electrons. The van der Waals surface area contributed by atoms with E-state index in [1.54, 1.807) is 35.5 Å². The van der Waals surface area contributed by atoms with Crippen LogP contribution in [0.25, 0.3) is 0 Å². The van der Waals surface area contributed by atoms with E-state index < -0.39 is 0 Å². The SMILES string of the molecule is CNC(=O)c1cc(NC(=O)c2cc(C)cn2C)cn1C. The van der Waals surface area contributed by atoms with Gasteiger partial charge in [-0.1, -0.05) is 0 Å². The number of hydrogen-bond donors (Lipinski definition) is 2. The normalized spacial score (nSPS) is 10.4. The number of nitrogens with one attached hydrogen (secondary N) is 2. The maximum absolute atomic E-state index is 12.2.